The first-order valence-corrected chi connectivity index (χ1v) is 18.2. The molecule has 2 bridgehead atoms. The Balaban J connectivity index is 1.57. The SMILES string of the molecule is CC(=O)O[C@H]1C(=O)[C@]2(C)[C@@H](OC(C)=O)C[C@H]3OC[C@@]3(OC(C)=O)[C@H]2[C@H](OC(=O)CCc2ccc3ccccc3c2)[C@]2(O)C[C@H](OC(C)=O)C(C)=C1C2(C)C. The highest BCUT2D eigenvalue weighted by Crippen LogP contribution is 2.65. The molecule has 1 heterocycles. The average molecular weight is 749 g/mol. The second-order valence-corrected chi connectivity index (χ2v) is 15.8. The number of aliphatic hydroxyl groups is 1. The Morgan fingerprint density at radius 2 is 1.50 bits per heavy atom. The minimum absolute atomic E-state index is 0.100. The second kappa shape index (κ2) is 13.9. The zero-order valence-electron chi connectivity index (χ0n) is 31.9. The zero-order chi connectivity index (χ0) is 39.5. The van der Waals surface area contributed by atoms with Crippen molar-refractivity contribution >= 4 is 46.4 Å². The number of ketones is 1. The molecule has 1 aliphatic heterocycles. The maximum atomic E-state index is 15.5. The van der Waals surface area contributed by atoms with E-state index >= 15 is 4.79 Å². The summed E-state index contributed by atoms with van der Waals surface area (Å²) in [5.41, 5.74) is -5.92. The van der Waals surface area contributed by atoms with Crippen LogP contribution in [0.15, 0.2) is 53.6 Å². The summed E-state index contributed by atoms with van der Waals surface area (Å²) in [5, 5.41) is 15.5. The lowest BCUT2D eigenvalue weighted by molar-refractivity contribution is -0.347. The molecule has 3 aliphatic carbocycles. The number of carbonyl (C=O) groups excluding carboxylic acids is 6. The molecular formula is C41H48O13. The Bertz CT molecular complexity index is 1950. The number of benzene rings is 2. The highest BCUT2D eigenvalue weighted by Gasteiger charge is 2.79. The molecule has 54 heavy (non-hydrogen) atoms. The van der Waals surface area contributed by atoms with Crippen LogP contribution in [-0.2, 0) is 63.6 Å². The lowest BCUT2D eigenvalue weighted by Gasteiger charge is -2.67. The van der Waals surface area contributed by atoms with Gasteiger partial charge >= 0.3 is 29.8 Å². The van der Waals surface area contributed by atoms with Crippen LogP contribution in [0.5, 0.6) is 0 Å². The van der Waals surface area contributed by atoms with Crippen molar-refractivity contribution in [2.75, 3.05) is 6.61 Å². The van der Waals surface area contributed by atoms with Gasteiger partial charge in [0.25, 0.3) is 0 Å². The van der Waals surface area contributed by atoms with Gasteiger partial charge in [-0.1, -0.05) is 56.3 Å². The lowest BCUT2D eigenvalue weighted by Crippen LogP contribution is -2.82. The number of Topliss-reactive ketones (excluding diaryl/α,β-unsaturated/α-hetero) is 1. The molecule has 13 heteroatoms. The third-order valence-electron chi connectivity index (χ3n) is 12.2. The van der Waals surface area contributed by atoms with Crippen LogP contribution in [0.3, 0.4) is 0 Å². The molecule has 2 saturated carbocycles. The molecule has 3 fully saturated rings. The van der Waals surface area contributed by atoms with E-state index in [0.29, 0.717) is 5.57 Å². The molecule has 0 radical (unpaired) electrons. The number of aryl methyl sites for hydroxylation is 1. The predicted molar refractivity (Wildman–Crippen MR) is 190 cm³/mol. The molecule has 0 aromatic heterocycles. The summed E-state index contributed by atoms with van der Waals surface area (Å²) in [7, 11) is 0. The van der Waals surface area contributed by atoms with E-state index in [1.165, 1.54) is 27.7 Å². The Labute approximate surface area is 313 Å². The Kier molecular flexibility index (Phi) is 10.1. The van der Waals surface area contributed by atoms with Crippen LogP contribution < -0.4 is 0 Å². The smallest absolute Gasteiger partial charge is 0.306 e. The molecule has 290 valence electrons. The standard InChI is InChI=1S/C41H48O13/c1-21-29(50-22(2)42)19-41(48)37(53-32(46)16-14-26-13-15-27-11-9-10-12-28(27)17-26)35-39(8,36(47)34(52-24(4)44)33(21)38(41,6)7)30(51-23(3)43)18-31-40(35,20-49-31)54-25(5)45/h9-13,15,17,29-31,34-35,37,48H,14,16,18-20H2,1-8H3/t29-,30-,31+,34+,35-,37-,39+,40-,41+/m0/s1. The van der Waals surface area contributed by atoms with Crippen LogP contribution >= 0.6 is 0 Å². The van der Waals surface area contributed by atoms with E-state index in [1.807, 2.05) is 42.5 Å². The highest BCUT2D eigenvalue weighted by molar-refractivity contribution is 5.95. The van der Waals surface area contributed by atoms with Crippen molar-refractivity contribution in [2.24, 2.45) is 16.7 Å². The Morgan fingerprint density at radius 3 is 2.09 bits per heavy atom. The molecule has 0 spiro atoms. The van der Waals surface area contributed by atoms with E-state index in [-0.39, 0.29) is 37.9 Å². The van der Waals surface area contributed by atoms with Gasteiger partial charge in [-0.3, -0.25) is 28.8 Å². The molecule has 1 N–H and O–H groups in total. The first kappa shape index (κ1) is 39.1. The predicted octanol–water partition coefficient (Wildman–Crippen LogP) is 4.27. The van der Waals surface area contributed by atoms with Crippen LogP contribution in [0, 0.1) is 16.7 Å². The summed E-state index contributed by atoms with van der Waals surface area (Å²) in [6.07, 6.45) is -6.98. The molecule has 9 atom stereocenters. The van der Waals surface area contributed by atoms with Crippen molar-refractivity contribution in [3.8, 4) is 0 Å². The van der Waals surface area contributed by atoms with Crippen LogP contribution in [0.25, 0.3) is 10.8 Å². The van der Waals surface area contributed by atoms with Gasteiger partial charge in [-0.25, -0.2) is 0 Å². The van der Waals surface area contributed by atoms with Gasteiger partial charge in [0, 0.05) is 52.4 Å². The van der Waals surface area contributed by atoms with Gasteiger partial charge in [0.05, 0.1) is 17.9 Å². The molecular weight excluding hydrogens is 700 g/mol. The second-order valence-electron chi connectivity index (χ2n) is 15.8. The van der Waals surface area contributed by atoms with E-state index in [0.717, 1.165) is 23.3 Å². The summed E-state index contributed by atoms with van der Waals surface area (Å²) in [6, 6.07) is 13.6. The minimum Gasteiger partial charge on any atom is -0.461 e. The number of carbonyl (C=O) groups is 6. The fourth-order valence-corrected chi connectivity index (χ4v) is 9.65. The average Bonchev–Trinajstić information content (AvgIpc) is 3.07. The first-order chi connectivity index (χ1) is 25.3. The van der Waals surface area contributed by atoms with Gasteiger partial charge in [0.2, 0.25) is 0 Å². The number of fused-ring (bicyclic) bond motifs is 6. The Morgan fingerprint density at radius 1 is 0.852 bits per heavy atom. The molecule has 4 aliphatic rings. The van der Waals surface area contributed by atoms with Crippen molar-refractivity contribution in [2.45, 2.75) is 123 Å². The molecule has 2 aromatic carbocycles. The fourth-order valence-electron chi connectivity index (χ4n) is 9.65. The molecule has 2 aromatic rings. The van der Waals surface area contributed by atoms with Crippen molar-refractivity contribution in [1.29, 1.82) is 0 Å². The van der Waals surface area contributed by atoms with Crippen LogP contribution in [-0.4, -0.2) is 89.1 Å². The maximum absolute atomic E-state index is 15.5. The monoisotopic (exact) mass is 748 g/mol. The quantitative estimate of drug-likeness (QED) is 0.230. The summed E-state index contributed by atoms with van der Waals surface area (Å²) in [6.45, 7) is 10.9. The van der Waals surface area contributed by atoms with E-state index in [2.05, 4.69) is 0 Å². The molecule has 0 unspecified atom stereocenters. The van der Waals surface area contributed by atoms with Crippen LogP contribution in [0.1, 0.15) is 80.2 Å². The zero-order valence-corrected chi connectivity index (χ0v) is 31.9. The summed E-state index contributed by atoms with van der Waals surface area (Å²) >= 11 is 0. The lowest BCUT2D eigenvalue weighted by atomic mass is 9.44. The highest BCUT2D eigenvalue weighted by atomic mass is 16.6. The van der Waals surface area contributed by atoms with E-state index in [1.54, 1.807) is 20.8 Å². The van der Waals surface area contributed by atoms with Crippen molar-refractivity contribution in [1.82, 2.24) is 0 Å². The summed E-state index contributed by atoms with van der Waals surface area (Å²) < 4.78 is 36.0. The van der Waals surface area contributed by atoms with E-state index in [4.69, 9.17) is 28.4 Å². The van der Waals surface area contributed by atoms with Crippen molar-refractivity contribution in [3.05, 3.63) is 59.2 Å². The number of rotatable bonds is 8. The third-order valence-corrected chi connectivity index (χ3v) is 12.2. The number of hydrogen-bond donors (Lipinski definition) is 1. The van der Waals surface area contributed by atoms with Gasteiger partial charge < -0.3 is 33.5 Å². The maximum Gasteiger partial charge on any atom is 0.306 e. The third kappa shape index (κ3) is 6.28. The molecule has 13 nitrogen and oxygen atoms in total. The van der Waals surface area contributed by atoms with Gasteiger partial charge in [0.1, 0.15) is 30.0 Å². The minimum atomic E-state index is -2.18. The van der Waals surface area contributed by atoms with Gasteiger partial charge in [0.15, 0.2) is 17.5 Å². The topological polar surface area (TPSA) is 178 Å². The number of hydrogen-bond acceptors (Lipinski definition) is 13. The Hall–Kier alpha value is -4.62. The van der Waals surface area contributed by atoms with Crippen molar-refractivity contribution in [3.63, 3.8) is 0 Å². The van der Waals surface area contributed by atoms with Crippen LogP contribution in [0.2, 0.25) is 0 Å². The van der Waals surface area contributed by atoms with Crippen LogP contribution in [0.4, 0.5) is 0 Å². The normalized spacial score (nSPS) is 33.8. The van der Waals surface area contributed by atoms with E-state index in [9.17, 15) is 29.1 Å². The molecule has 6 rings (SSSR count). The van der Waals surface area contributed by atoms with Gasteiger partial charge in [-0.15, -0.1) is 0 Å². The largest absolute Gasteiger partial charge is 0.461 e. The van der Waals surface area contributed by atoms with E-state index < -0.39 is 94.1 Å². The molecule has 1 saturated heterocycles. The number of ether oxygens (including phenoxy) is 6. The van der Waals surface area contributed by atoms with Gasteiger partial charge in [-0.2, -0.15) is 0 Å². The fraction of sp³-hybridized carbons (Fsp3) is 0.561. The summed E-state index contributed by atoms with van der Waals surface area (Å²) in [5.74, 6) is -5.86. The van der Waals surface area contributed by atoms with Crippen molar-refractivity contribution < 1.29 is 62.3 Å². The number of esters is 5. The summed E-state index contributed by atoms with van der Waals surface area (Å²) in [4.78, 5) is 80.7. The molecule has 0 amide bonds. The first-order valence-electron chi connectivity index (χ1n) is 18.2. The van der Waals surface area contributed by atoms with Gasteiger partial charge in [-0.05, 0) is 47.8 Å².